The van der Waals surface area contributed by atoms with Crippen LogP contribution < -0.4 is 14.5 Å². The molecule has 0 saturated carbocycles. The zero-order chi connectivity index (χ0) is 48.4. The van der Waals surface area contributed by atoms with Crippen LogP contribution in [0.25, 0.3) is 49.9 Å². The number of hydrogen-bond donors (Lipinski definition) is 0. The zero-order valence-corrected chi connectivity index (χ0v) is 44.8. The number of aromatic nitrogens is 2. The second-order valence-electron chi connectivity index (χ2n) is 21.1. The van der Waals surface area contributed by atoms with Gasteiger partial charge in [0.2, 0.25) is 0 Å². The summed E-state index contributed by atoms with van der Waals surface area (Å²) in [7, 11) is 0. The Labute approximate surface area is 441 Å². The van der Waals surface area contributed by atoms with Crippen LogP contribution >= 0.6 is 0 Å². The van der Waals surface area contributed by atoms with E-state index < -0.39 is 0 Å². The smallest absolute Gasteiger partial charge is 0.509 e. The second kappa shape index (κ2) is 19.4. The topological polar surface area (TPSA) is 33.5 Å². The Hall–Kier alpha value is -7.20. The van der Waals surface area contributed by atoms with E-state index in [0.29, 0.717) is 11.5 Å². The number of hydrogen-bond acceptors (Lipinski definition) is 4. The predicted octanol–water partition coefficient (Wildman–Crippen LogP) is 17.7. The van der Waals surface area contributed by atoms with Crippen molar-refractivity contribution in [3.8, 4) is 39.6 Å². The van der Waals surface area contributed by atoms with Crippen LogP contribution in [0.4, 0.5) is 22.7 Å². The molecule has 0 aliphatic carbocycles. The Morgan fingerprint density at radius 3 is 1.78 bits per heavy atom. The maximum atomic E-state index is 6.95. The minimum absolute atomic E-state index is 0. The minimum atomic E-state index is -0.273. The van der Waals surface area contributed by atoms with Gasteiger partial charge in [-0.25, -0.2) is 4.98 Å². The molecule has 0 unspecified atom stereocenters. The third-order valence-corrected chi connectivity index (χ3v) is 13.9. The molecule has 0 N–H and O–H groups in total. The number of rotatable bonds is 9. The van der Waals surface area contributed by atoms with Crippen LogP contribution in [-0.2, 0) is 37.3 Å². The standard InChI is InChI=1S/C65H57N4O.CH3.Pt/c1-63(2,3)49-28-31-59-61(39-49)68(43-67(59)52-35-46(44-20-12-9-13-21-44)34-51(38-52)65(7,8)48-24-16-11-17-25-48)53-36-47(45-22-14-10-15-23-45)37-55(41-53)70-54-29-30-57-56-26-18-19-27-58(56)69(60(57)42-54)62-40-50(32-33-66-62)64(4,5)6;;/h9-40,43H,1-8H3;1H3;/q-3;-1;+4. The molecule has 0 amide bonds. The molecule has 0 fully saturated rings. The molecule has 8 aromatic carbocycles. The molecular formula is C66H60N4OPt. The van der Waals surface area contributed by atoms with E-state index in [1.165, 1.54) is 27.8 Å². The molecule has 360 valence electrons. The van der Waals surface area contributed by atoms with E-state index in [1.807, 2.05) is 12.3 Å². The van der Waals surface area contributed by atoms with Crippen LogP contribution in [0.15, 0.2) is 194 Å². The summed E-state index contributed by atoms with van der Waals surface area (Å²) in [5, 5.41) is 2.22. The van der Waals surface area contributed by atoms with E-state index in [0.717, 1.165) is 67.1 Å². The van der Waals surface area contributed by atoms with E-state index in [9.17, 15) is 0 Å². The predicted molar refractivity (Wildman–Crippen MR) is 297 cm³/mol. The summed E-state index contributed by atoms with van der Waals surface area (Å²) in [6, 6.07) is 74.7. The number of nitrogens with zero attached hydrogens (tertiary/aromatic N) is 4. The Morgan fingerprint density at radius 2 is 1.10 bits per heavy atom. The van der Waals surface area contributed by atoms with Crippen molar-refractivity contribution in [3.63, 3.8) is 0 Å². The normalized spacial score (nSPS) is 12.7. The minimum Gasteiger partial charge on any atom is -0.509 e. The SMILES string of the molecule is CC(C)(C)c1ccnc(-n2c3[c-]c(Oc4[c-]c(N5[CH-]N(c6cc(-c7ccccc7)cc(C(C)(C)c7ccccc7)c6)c6ccc(C(C)(C)C)cc65)cc(-c5ccccc5)c4)ccc3c3ccccc32)c1.[CH3-].[Pt+4]. The molecule has 0 atom stereocenters. The van der Waals surface area contributed by atoms with Crippen molar-refractivity contribution in [2.45, 2.75) is 71.6 Å². The Morgan fingerprint density at radius 1 is 0.472 bits per heavy atom. The monoisotopic (exact) mass is 1120 g/mol. The van der Waals surface area contributed by atoms with Gasteiger partial charge in [0.15, 0.2) is 0 Å². The van der Waals surface area contributed by atoms with Crippen LogP contribution in [0.1, 0.15) is 77.6 Å². The van der Waals surface area contributed by atoms with Gasteiger partial charge < -0.3 is 26.5 Å². The maximum absolute atomic E-state index is 6.95. The Bertz CT molecular complexity index is 3550. The first-order valence-electron chi connectivity index (χ1n) is 24.3. The van der Waals surface area contributed by atoms with Crippen molar-refractivity contribution < 1.29 is 25.8 Å². The van der Waals surface area contributed by atoms with Crippen molar-refractivity contribution in [2.24, 2.45) is 0 Å². The second-order valence-corrected chi connectivity index (χ2v) is 21.1. The Kier molecular flexibility index (Phi) is 13.4. The summed E-state index contributed by atoms with van der Waals surface area (Å²) in [5.41, 5.74) is 15.0. The molecule has 6 heteroatoms. The summed E-state index contributed by atoms with van der Waals surface area (Å²) in [4.78, 5) is 9.53. The number of benzene rings is 8. The fourth-order valence-corrected chi connectivity index (χ4v) is 9.76. The fourth-order valence-electron chi connectivity index (χ4n) is 9.76. The largest absolute Gasteiger partial charge is 4.00 e. The molecule has 3 heterocycles. The van der Waals surface area contributed by atoms with Crippen molar-refractivity contribution in [1.82, 2.24) is 9.55 Å². The van der Waals surface area contributed by atoms with Gasteiger partial charge in [0.1, 0.15) is 5.82 Å². The molecular weight excluding hydrogens is 1060 g/mol. The van der Waals surface area contributed by atoms with Gasteiger partial charge in [-0.05, 0) is 97.6 Å². The molecule has 10 aromatic rings. The van der Waals surface area contributed by atoms with Crippen LogP contribution in [0.3, 0.4) is 0 Å². The van der Waals surface area contributed by atoms with E-state index in [4.69, 9.17) is 9.72 Å². The summed E-state index contributed by atoms with van der Waals surface area (Å²) < 4.78 is 9.16. The first-order chi connectivity index (χ1) is 33.7. The summed E-state index contributed by atoms with van der Waals surface area (Å²) >= 11 is 0. The molecule has 1 aliphatic heterocycles. The van der Waals surface area contributed by atoms with Gasteiger partial charge in [-0.1, -0.05) is 182 Å². The van der Waals surface area contributed by atoms with Crippen molar-refractivity contribution in [2.75, 3.05) is 9.80 Å². The number of pyridine rings is 1. The number of ether oxygens (including phenoxy) is 1. The first kappa shape index (κ1) is 49.8. The number of anilines is 4. The van der Waals surface area contributed by atoms with Gasteiger partial charge >= 0.3 is 21.1 Å². The van der Waals surface area contributed by atoms with E-state index in [2.05, 4.69) is 271 Å². The van der Waals surface area contributed by atoms with Crippen LogP contribution in [0.2, 0.25) is 0 Å². The maximum Gasteiger partial charge on any atom is 4.00 e. The van der Waals surface area contributed by atoms with Crippen molar-refractivity contribution in [3.05, 3.63) is 243 Å². The van der Waals surface area contributed by atoms with Gasteiger partial charge in [0.25, 0.3) is 0 Å². The molecule has 11 rings (SSSR count). The molecule has 0 saturated heterocycles. The molecule has 0 spiro atoms. The molecule has 2 aromatic heterocycles. The molecule has 1 aliphatic rings. The Balaban J connectivity index is 0.00000320. The number of fused-ring (bicyclic) bond motifs is 4. The van der Waals surface area contributed by atoms with E-state index >= 15 is 0 Å². The third-order valence-electron chi connectivity index (χ3n) is 13.9. The molecule has 0 bridgehead atoms. The van der Waals surface area contributed by atoms with Gasteiger partial charge in [0.05, 0.1) is 0 Å². The van der Waals surface area contributed by atoms with Crippen LogP contribution in [0.5, 0.6) is 11.5 Å². The van der Waals surface area contributed by atoms with Gasteiger partial charge in [-0.15, -0.1) is 53.6 Å². The van der Waals surface area contributed by atoms with Gasteiger partial charge in [0, 0.05) is 45.7 Å². The molecule has 72 heavy (non-hydrogen) atoms. The average molecular weight is 1120 g/mol. The number of para-hydroxylation sites is 1. The molecule has 5 nitrogen and oxygen atoms in total. The summed E-state index contributed by atoms with van der Waals surface area (Å²) in [6.07, 6.45) is 1.91. The summed E-state index contributed by atoms with van der Waals surface area (Å²) in [5.74, 6) is 2.02. The zero-order valence-electron chi connectivity index (χ0n) is 42.6. The third kappa shape index (κ3) is 9.39. The fraction of sp³-hybridized carbons (Fsp3) is 0.167. The van der Waals surface area contributed by atoms with Crippen molar-refractivity contribution >= 4 is 44.6 Å². The van der Waals surface area contributed by atoms with Crippen LogP contribution in [0, 0.1) is 26.2 Å². The van der Waals surface area contributed by atoms with E-state index in [1.54, 1.807) is 0 Å². The first-order valence-corrected chi connectivity index (χ1v) is 24.3. The molecule has 0 radical (unpaired) electrons. The quantitative estimate of drug-likeness (QED) is 0.135. The summed E-state index contributed by atoms with van der Waals surface area (Å²) in [6.45, 7) is 20.4. The van der Waals surface area contributed by atoms with Crippen molar-refractivity contribution in [1.29, 1.82) is 0 Å². The average Bonchev–Trinajstić information content (AvgIpc) is 3.92. The van der Waals surface area contributed by atoms with Gasteiger partial charge in [-0.2, -0.15) is 6.07 Å². The van der Waals surface area contributed by atoms with Gasteiger partial charge in [-0.3, -0.25) is 0 Å². The van der Waals surface area contributed by atoms with Crippen LogP contribution in [-0.4, -0.2) is 9.55 Å². The van der Waals surface area contributed by atoms with E-state index in [-0.39, 0.29) is 44.7 Å².